The van der Waals surface area contributed by atoms with Gasteiger partial charge in [0.05, 0.1) is 4.90 Å². The lowest BCUT2D eigenvalue weighted by Crippen LogP contribution is -2.38. The Morgan fingerprint density at radius 1 is 1.07 bits per heavy atom. The van der Waals surface area contributed by atoms with Crippen molar-refractivity contribution in [1.82, 2.24) is 4.72 Å². The number of nitrogens with one attached hydrogen (secondary N) is 1. The molecule has 7 nitrogen and oxygen atoms in total. The van der Waals surface area contributed by atoms with Gasteiger partial charge in [-0.25, -0.2) is 13.2 Å². The monoisotopic (exact) mass is 393 g/mol. The number of phenolic OH excluding ortho intramolecular Hbond substituents is 2. The van der Waals surface area contributed by atoms with Gasteiger partial charge < -0.3 is 14.9 Å². The third-order valence-corrected chi connectivity index (χ3v) is 5.01. The van der Waals surface area contributed by atoms with Crippen LogP contribution in [0.1, 0.15) is 37.9 Å². The van der Waals surface area contributed by atoms with Crippen molar-refractivity contribution in [3.05, 3.63) is 53.6 Å². The van der Waals surface area contributed by atoms with Crippen molar-refractivity contribution >= 4 is 16.0 Å². The van der Waals surface area contributed by atoms with Gasteiger partial charge in [0.25, 0.3) is 0 Å². The van der Waals surface area contributed by atoms with Gasteiger partial charge in [-0.05, 0) is 58.0 Å². The second kappa shape index (κ2) is 7.58. The molecule has 27 heavy (non-hydrogen) atoms. The molecule has 1 atom stereocenters. The zero-order chi connectivity index (χ0) is 20.4. The summed E-state index contributed by atoms with van der Waals surface area (Å²) in [5.41, 5.74) is -0.111. The lowest BCUT2D eigenvalue weighted by molar-refractivity contribution is -0.157. The number of aromatic hydroxyl groups is 2. The van der Waals surface area contributed by atoms with Gasteiger partial charge in [-0.15, -0.1) is 0 Å². The third kappa shape index (κ3) is 5.45. The molecule has 8 heteroatoms. The van der Waals surface area contributed by atoms with E-state index in [1.54, 1.807) is 32.9 Å². The van der Waals surface area contributed by atoms with Crippen LogP contribution in [-0.4, -0.2) is 30.2 Å². The molecule has 0 aliphatic carbocycles. The van der Waals surface area contributed by atoms with Gasteiger partial charge in [-0.2, -0.15) is 4.72 Å². The molecule has 0 amide bonds. The van der Waals surface area contributed by atoms with Crippen LogP contribution in [0, 0.1) is 6.92 Å². The van der Waals surface area contributed by atoms with Crippen molar-refractivity contribution < 1.29 is 28.2 Å². The molecular formula is C19H23NO6S. The fourth-order valence-electron chi connectivity index (χ4n) is 2.31. The fourth-order valence-corrected chi connectivity index (χ4v) is 3.48. The van der Waals surface area contributed by atoms with Gasteiger partial charge in [-0.3, -0.25) is 0 Å². The van der Waals surface area contributed by atoms with Crippen LogP contribution in [-0.2, 0) is 19.6 Å². The van der Waals surface area contributed by atoms with E-state index in [0.717, 1.165) is 11.6 Å². The predicted molar refractivity (Wildman–Crippen MR) is 99.9 cm³/mol. The SMILES string of the molecule is Cc1ccc(S(=O)(=O)NC(C(=O)OC(C)(C)C)c2cc(O)ccc2O)cc1. The number of benzene rings is 2. The van der Waals surface area contributed by atoms with Crippen LogP contribution in [0.4, 0.5) is 0 Å². The smallest absolute Gasteiger partial charge is 0.329 e. The standard InChI is InChI=1S/C19H23NO6S/c1-12-5-8-14(9-6-12)27(24,25)20-17(18(23)26-19(2,3)4)15-11-13(21)7-10-16(15)22/h5-11,17,20-22H,1-4H3. The molecule has 0 spiro atoms. The van der Waals surface area contributed by atoms with E-state index in [1.807, 2.05) is 6.92 Å². The molecule has 0 bridgehead atoms. The first kappa shape index (κ1) is 20.7. The van der Waals surface area contributed by atoms with Crippen molar-refractivity contribution in [1.29, 1.82) is 0 Å². The lowest BCUT2D eigenvalue weighted by Gasteiger charge is -2.25. The Hall–Kier alpha value is -2.58. The molecule has 0 aromatic heterocycles. The van der Waals surface area contributed by atoms with E-state index in [4.69, 9.17) is 4.74 Å². The molecule has 2 aromatic rings. The van der Waals surface area contributed by atoms with Crippen LogP contribution in [0.15, 0.2) is 47.4 Å². The second-order valence-corrected chi connectivity index (χ2v) is 8.86. The molecule has 0 aliphatic heterocycles. The lowest BCUT2D eigenvalue weighted by atomic mass is 10.1. The van der Waals surface area contributed by atoms with E-state index in [2.05, 4.69) is 4.72 Å². The summed E-state index contributed by atoms with van der Waals surface area (Å²) in [6.45, 7) is 6.73. The molecule has 0 radical (unpaired) electrons. The average molecular weight is 393 g/mol. The first-order valence-electron chi connectivity index (χ1n) is 8.23. The highest BCUT2D eigenvalue weighted by Crippen LogP contribution is 2.31. The Morgan fingerprint density at radius 3 is 2.22 bits per heavy atom. The molecule has 0 heterocycles. The van der Waals surface area contributed by atoms with E-state index in [1.165, 1.54) is 24.3 Å². The van der Waals surface area contributed by atoms with Gasteiger partial charge in [0.1, 0.15) is 23.1 Å². The number of hydrogen-bond donors (Lipinski definition) is 3. The zero-order valence-electron chi connectivity index (χ0n) is 15.6. The molecule has 3 N–H and O–H groups in total. The number of sulfonamides is 1. The minimum Gasteiger partial charge on any atom is -0.508 e. The predicted octanol–water partition coefficient (Wildman–Crippen LogP) is 2.77. The Kier molecular flexibility index (Phi) is 5.82. The number of rotatable bonds is 5. The van der Waals surface area contributed by atoms with Crippen LogP contribution >= 0.6 is 0 Å². The number of esters is 1. The van der Waals surface area contributed by atoms with Gasteiger partial charge in [0, 0.05) is 5.56 Å². The number of phenols is 2. The highest BCUT2D eigenvalue weighted by atomic mass is 32.2. The van der Waals surface area contributed by atoms with Crippen molar-refractivity contribution in [3.63, 3.8) is 0 Å². The number of carbonyl (C=O) groups is 1. The summed E-state index contributed by atoms with van der Waals surface area (Å²) in [4.78, 5) is 12.6. The van der Waals surface area contributed by atoms with Gasteiger partial charge in [-0.1, -0.05) is 17.7 Å². The Balaban J connectivity index is 2.47. The topological polar surface area (TPSA) is 113 Å². The first-order valence-corrected chi connectivity index (χ1v) is 9.71. The molecule has 0 saturated heterocycles. The largest absolute Gasteiger partial charge is 0.508 e. The van der Waals surface area contributed by atoms with Crippen LogP contribution in [0.3, 0.4) is 0 Å². The maximum atomic E-state index is 12.7. The van der Waals surface area contributed by atoms with Gasteiger partial charge in [0.15, 0.2) is 0 Å². The third-order valence-electron chi connectivity index (χ3n) is 3.57. The minimum absolute atomic E-state index is 0.0405. The summed E-state index contributed by atoms with van der Waals surface area (Å²) in [5, 5.41) is 19.8. The molecule has 0 fully saturated rings. The van der Waals surface area contributed by atoms with E-state index >= 15 is 0 Å². The second-order valence-electron chi connectivity index (χ2n) is 7.14. The summed E-state index contributed by atoms with van der Waals surface area (Å²) in [5.74, 6) is -1.49. The summed E-state index contributed by atoms with van der Waals surface area (Å²) in [6.07, 6.45) is 0. The minimum atomic E-state index is -4.10. The molecule has 0 aliphatic rings. The van der Waals surface area contributed by atoms with Crippen LogP contribution in [0.25, 0.3) is 0 Å². The molecule has 2 rings (SSSR count). The zero-order valence-corrected chi connectivity index (χ0v) is 16.4. The Morgan fingerprint density at radius 2 is 1.67 bits per heavy atom. The van der Waals surface area contributed by atoms with E-state index in [-0.39, 0.29) is 22.0 Å². The normalized spacial score (nSPS) is 13.2. The number of carbonyl (C=O) groups excluding carboxylic acids is 1. The first-order chi connectivity index (χ1) is 12.4. The van der Waals surface area contributed by atoms with Crippen molar-refractivity contribution in [3.8, 4) is 11.5 Å². The van der Waals surface area contributed by atoms with Crippen molar-refractivity contribution in [2.75, 3.05) is 0 Å². The molecule has 2 aromatic carbocycles. The van der Waals surface area contributed by atoms with Crippen LogP contribution < -0.4 is 4.72 Å². The van der Waals surface area contributed by atoms with E-state index < -0.39 is 27.6 Å². The Labute approximate surface area is 158 Å². The maximum absolute atomic E-state index is 12.7. The highest BCUT2D eigenvalue weighted by Gasteiger charge is 2.33. The van der Waals surface area contributed by atoms with Crippen molar-refractivity contribution in [2.45, 2.75) is 44.2 Å². The molecule has 146 valence electrons. The summed E-state index contributed by atoms with van der Waals surface area (Å²) in [6, 6.07) is 8.04. The quantitative estimate of drug-likeness (QED) is 0.532. The van der Waals surface area contributed by atoms with Gasteiger partial charge in [0.2, 0.25) is 10.0 Å². The van der Waals surface area contributed by atoms with E-state index in [9.17, 15) is 23.4 Å². The van der Waals surface area contributed by atoms with Crippen molar-refractivity contribution in [2.24, 2.45) is 0 Å². The number of ether oxygens (including phenoxy) is 1. The molecule has 0 saturated carbocycles. The van der Waals surface area contributed by atoms with Crippen LogP contribution in [0.2, 0.25) is 0 Å². The van der Waals surface area contributed by atoms with Crippen LogP contribution in [0.5, 0.6) is 11.5 Å². The highest BCUT2D eigenvalue weighted by molar-refractivity contribution is 7.89. The number of hydrogen-bond acceptors (Lipinski definition) is 6. The Bertz CT molecular complexity index is 930. The molecule has 1 unspecified atom stereocenters. The van der Waals surface area contributed by atoms with Gasteiger partial charge >= 0.3 is 5.97 Å². The summed E-state index contributed by atoms with van der Waals surface area (Å²) in [7, 11) is -4.10. The summed E-state index contributed by atoms with van der Waals surface area (Å²) >= 11 is 0. The molecular weight excluding hydrogens is 370 g/mol. The average Bonchev–Trinajstić information content (AvgIpc) is 2.54. The van der Waals surface area contributed by atoms with E-state index in [0.29, 0.717) is 0 Å². The fraction of sp³-hybridized carbons (Fsp3) is 0.316. The number of aryl methyl sites for hydroxylation is 1. The maximum Gasteiger partial charge on any atom is 0.329 e. The summed E-state index contributed by atoms with van der Waals surface area (Å²) < 4.78 is 33.0.